The average Bonchev–Trinajstić information content (AvgIpc) is 2.43. The molecule has 20 heavy (non-hydrogen) atoms. The Labute approximate surface area is 121 Å². The summed E-state index contributed by atoms with van der Waals surface area (Å²) in [6.07, 6.45) is -0.698. The minimum Gasteiger partial charge on any atom is -0.390 e. The number of alkyl halides is 1. The maximum Gasteiger partial charge on any atom is 0.294 e. The van der Waals surface area contributed by atoms with Gasteiger partial charge in [0.15, 0.2) is 0 Å². The smallest absolute Gasteiger partial charge is 0.294 e. The molecule has 0 aliphatic heterocycles. The first-order chi connectivity index (χ1) is 9.41. The van der Waals surface area contributed by atoms with Crippen LogP contribution in [0.3, 0.4) is 0 Å². The van der Waals surface area contributed by atoms with Crippen molar-refractivity contribution in [3.8, 4) is 0 Å². The van der Waals surface area contributed by atoms with Crippen LogP contribution >= 0.6 is 11.6 Å². The molecule has 0 saturated heterocycles. The molecule has 2 rings (SSSR count). The van der Waals surface area contributed by atoms with Gasteiger partial charge in [-0.15, -0.1) is 11.6 Å². The van der Waals surface area contributed by atoms with Crippen LogP contribution in [0, 0.1) is 0 Å². The maximum absolute atomic E-state index is 11.2. The fourth-order valence-corrected chi connectivity index (χ4v) is 2.46. The Kier molecular flexibility index (Phi) is 4.49. The standard InChI is InChI=1S/C13H14ClNO4S/c14-7-10(16)8-15-13-3-1-2-9-4-5-11(6-12(9)13)20(17,18)19/h1-6,10,15-16H,7-8H2,(H,17,18,19). The summed E-state index contributed by atoms with van der Waals surface area (Å²) in [5.41, 5.74) is 0.664. The first kappa shape index (κ1) is 15.1. The van der Waals surface area contributed by atoms with E-state index in [2.05, 4.69) is 5.32 Å². The number of rotatable bonds is 5. The van der Waals surface area contributed by atoms with Gasteiger partial charge in [-0.2, -0.15) is 8.42 Å². The molecular weight excluding hydrogens is 302 g/mol. The number of aliphatic hydroxyl groups excluding tert-OH is 1. The number of fused-ring (bicyclic) bond motifs is 1. The second-order valence-electron chi connectivity index (χ2n) is 4.35. The van der Waals surface area contributed by atoms with Crippen LogP contribution in [0.2, 0.25) is 0 Å². The van der Waals surface area contributed by atoms with Gasteiger partial charge in [-0.1, -0.05) is 18.2 Å². The molecule has 0 fully saturated rings. The molecule has 0 heterocycles. The summed E-state index contributed by atoms with van der Waals surface area (Å²) in [6.45, 7) is 0.249. The molecule has 1 unspecified atom stereocenters. The van der Waals surface area contributed by atoms with Crippen molar-refractivity contribution >= 4 is 38.2 Å². The fourth-order valence-electron chi connectivity index (χ4n) is 1.85. The Morgan fingerprint density at radius 3 is 2.65 bits per heavy atom. The summed E-state index contributed by atoms with van der Waals surface area (Å²) in [5.74, 6) is 0.105. The summed E-state index contributed by atoms with van der Waals surface area (Å²) in [4.78, 5) is -0.169. The number of aliphatic hydroxyl groups is 1. The molecule has 3 N–H and O–H groups in total. The Bertz CT molecular complexity index is 717. The Morgan fingerprint density at radius 1 is 1.25 bits per heavy atom. The van der Waals surface area contributed by atoms with E-state index in [0.29, 0.717) is 11.1 Å². The van der Waals surface area contributed by atoms with Crippen molar-refractivity contribution < 1.29 is 18.1 Å². The normalized spacial score (nSPS) is 13.3. The van der Waals surface area contributed by atoms with Crippen LogP contribution in [0.4, 0.5) is 5.69 Å². The monoisotopic (exact) mass is 315 g/mol. The molecule has 5 nitrogen and oxygen atoms in total. The minimum atomic E-state index is -4.25. The molecule has 1 atom stereocenters. The van der Waals surface area contributed by atoms with E-state index in [-0.39, 0.29) is 17.3 Å². The third kappa shape index (κ3) is 3.40. The molecule has 0 bridgehead atoms. The van der Waals surface area contributed by atoms with Gasteiger partial charge in [-0.05, 0) is 23.6 Å². The number of anilines is 1. The van der Waals surface area contributed by atoms with Crippen LogP contribution < -0.4 is 5.32 Å². The van der Waals surface area contributed by atoms with Crippen LogP contribution in [-0.2, 0) is 10.1 Å². The van der Waals surface area contributed by atoms with Crippen molar-refractivity contribution in [3.63, 3.8) is 0 Å². The van der Waals surface area contributed by atoms with Gasteiger partial charge in [-0.25, -0.2) is 0 Å². The van der Waals surface area contributed by atoms with E-state index in [1.165, 1.54) is 12.1 Å². The molecule has 2 aromatic rings. The van der Waals surface area contributed by atoms with Crippen LogP contribution in [-0.4, -0.2) is 36.6 Å². The van der Waals surface area contributed by atoms with E-state index in [1.54, 1.807) is 12.1 Å². The van der Waals surface area contributed by atoms with Gasteiger partial charge < -0.3 is 10.4 Å². The summed E-state index contributed by atoms with van der Waals surface area (Å²) >= 11 is 5.52. The maximum atomic E-state index is 11.2. The molecule has 7 heteroatoms. The van der Waals surface area contributed by atoms with Crippen molar-refractivity contribution in [2.75, 3.05) is 17.7 Å². The highest BCUT2D eigenvalue weighted by Crippen LogP contribution is 2.26. The predicted molar refractivity (Wildman–Crippen MR) is 79.0 cm³/mol. The highest BCUT2D eigenvalue weighted by Gasteiger charge is 2.11. The zero-order valence-electron chi connectivity index (χ0n) is 10.5. The van der Waals surface area contributed by atoms with E-state index in [0.717, 1.165) is 5.39 Å². The summed E-state index contributed by atoms with van der Waals surface area (Å²) in [6, 6.07) is 9.74. The quantitative estimate of drug-likeness (QED) is 0.581. The number of nitrogens with one attached hydrogen (secondary N) is 1. The number of halogens is 1. The first-order valence-electron chi connectivity index (χ1n) is 5.90. The largest absolute Gasteiger partial charge is 0.390 e. The van der Waals surface area contributed by atoms with E-state index < -0.39 is 16.2 Å². The predicted octanol–water partition coefficient (Wildman–Crippen LogP) is 2.10. The zero-order chi connectivity index (χ0) is 14.8. The SMILES string of the molecule is O=S(=O)(O)c1ccc2cccc(NCC(O)CCl)c2c1. The number of hydrogen-bond acceptors (Lipinski definition) is 4. The second-order valence-corrected chi connectivity index (χ2v) is 6.08. The summed E-state index contributed by atoms with van der Waals surface area (Å²) in [5, 5.41) is 13.9. The van der Waals surface area contributed by atoms with Crippen LogP contribution in [0.15, 0.2) is 41.3 Å². The third-order valence-electron chi connectivity index (χ3n) is 2.86. The molecule has 0 spiro atoms. The molecule has 2 aromatic carbocycles. The van der Waals surface area contributed by atoms with Crippen LogP contribution in [0.25, 0.3) is 10.8 Å². The summed E-state index contributed by atoms with van der Waals surface area (Å²) in [7, 11) is -4.25. The van der Waals surface area contributed by atoms with Crippen molar-refractivity contribution in [3.05, 3.63) is 36.4 Å². The van der Waals surface area contributed by atoms with Gasteiger partial charge in [0.2, 0.25) is 0 Å². The van der Waals surface area contributed by atoms with Crippen LogP contribution in [0.5, 0.6) is 0 Å². The van der Waals surface area contributed by atoms with Gasteiger partial charge in [0.25, 0.3) is 10.1 Å². The molecule has 108 valence electrons. The highest BCUT2D eigenvalue weighted by atomic mass is 35.5. The van der Waals surface area contributed by atoms with Crippen LogP contribution in [0.1, 0.15) is 0 Å². The highest BCUT2D eigenvalue weighted by molar-refractivity contribution is 7.85. The minimum absolute atomic E-state index is 0.105. The number of benzene rings is 2. The zero-order valence-corrected chi connectivity index (χ0v) is 12.0. The Morgan fingerprint density at radius 2 is 2.00 bits per heavy atom. The van der Waals surface area contributed by atoms with Crippen molar-refractivity contribution in [2.24, 2.45) is 0 Å². The topological polar surface area (TPSA) is 86.6 Å². The molecule has 0 aliphatic carbocycles. The first-order valence-corrected chi connectivity index (χ1v) is 7.87. The number of hydrogen-bond donors (Lipinski definition) is 3. The van der Waals surface area contributed by atoms with Crippen molar-refractivity contribution in [1.29, 1.82) is 0 Å². The lowest BCUT2D eigenvalue weighted by atomic mass is 10.1. The molecule has 0 radical (unpaired) electrons. The van der Waals surface area contributed by atoms with Gasteiger partial charge in [0.05, 0.1) is 16.9 Å². The molecular formula is C13H14ClNO4S. The third-order valence-corrected chi connectivity index (χ3v) is 4.06. The van der Waals surface area contributed by atoms with E-state index in [4.69, 9.17) is 16.2 Å². The Hall–Kier alpha value is -1.34. The average molecular weight is 316 g/mol. The van der Waals surface area contributed by atoms with E-state index in [9.17, 15) is 13.5 Å². The molecule has 0 aromatic heterocycles. The van der Waals surface area contributed by atoms with Gasteiger partial charge in [-0.3, -0.25) is 4.55 Å². The van der Waals surface area contributed by atoms with Crippen molar-refractivity contribution in [1.82, 2.24) is 0 Å². The molecule has 0 amide bonds. The van der Waals surface area contributed by atoms with E-state index in [1.807, 2.05) is 12.1 Å². The fraction of sp³-hybridized carbons (Fsp3) is 0.231. The van der Waals surface area contributed by atoms with Crippen molar-refractivity contribution in [2.45, 2.75) is 11.0 Å². The van der Waals surface area contributed by atoms with Gasteiger partial charge in [0, 0.05) is 17.6 Å². The van der Waals surface area contributed by atoms with Gasteiger partial charge in [0.1, 0.15) is 0 Å². The van der Waals surface area contributed by atoms with E-state index >= 15 is 0 Å². The second kappa shape index (κ2) is 5.97. The Balaban J connectivity index is 2.44. The lowest BCUT2D eigenvalue weighted by Gasteiger charge is -2.13. The lowest BCUT2D eigenvalue weighted by Crippen LogP contribution is -2.20. The molecule has 0 aliphatic rings. The summed E-state index contributed by atoms with van der Waals surface area (Å²) < 4.78 is 31.4. The molecule has 0 saturated carbocycles. The van der Waals surface area contributed by atoms with Gasteiger partial charge >= 0.3 is 0 Å². The lowest BCUT2D eigenvalue weighted by molar-refractivity contribution is 0.211.